The molecule has 1 unspecified atom stereocenters. The van der Waals surface area contributed by atoms with Crippen LogP contribution in [0.2, 0.25) is 0 Å². The van der Waals surface area contributed by atoms with Crippen LogP contribution in [0.5, 0.6) is 0 Å². The number of aromatic amines is 1. The summed E-state index contributed by atoms with van der Waals surface area (Å²) in [7, 11) is 0. The standard InChI is InChI=1S/C18H19BrN2/c1-2-17(14-5-7-16(19)8-6-14)21-12-13-3-4-15-9-10-20-18(15)11-13/h3-11,17,20-21H,2,12H2,1H3. The molecular formula is C18H19BrN2. The summed E-state index contributed by atoms with van der Waals surface area (Å²) in [6.07, 6.45) is 3.06. The van der Waals surface area contributed by atoms with Crippen molar-refractivity contribution in [2.75, 3.05) is 0 Å². The van der Waals surface area contributed by atoms with Gasteiger partial charge in [-0.3, -0.25) is 0 Å². The third-order valence-corrected chi connectivity index (χ3v) is 4.38. The lowest BCUT2D eigenvalue weighted by Gasteiger charge is -2.17. The molecule has 0 bridgehead atoms. The summed E-state index contributed by atoms with van der Waals surface area (Å²) < 4.78 is 1.12. The highest BCUT2D eigenvalue weighted by atomic mass is 79.9. The van der Waals surface area contributed by atoms with Crippen LogP contribution in [0.1, 0.15) is 30.5 Å². The van der Waals surface area contributed by atoms with Gasteiger partial charge in [-0.1, -0.05) is 47.1 Å². The zero-order valence-corrected chi connectivity index (χ0v) is 13.7. The Morgan fingerprint density at radius 3 is 2.67 bits per heavy atom. The van der Waals surface area contributed by atoms with Gasteiger partial charge >= 0.3 is 0 Å². The molecule has 21 heavy (non-hydrogen) atoms. The number of H-pyrrole nitrogens is 1. The second kappa shape index (κ2) is 6.46. The average Bonchev–Trinajstić information content (AvgIpc) is 2.97. The fourth-order valence-corrected chi connectivity index (χ4v) is 2.90. The Balaban J connectivity index is 1.70. The number of hydrogen-bond acceptors (Lipinski definition) is 1. The molecule has 1 atom stereocenters. The highest BCUT2D eigenvalue weighted by Crippen LogP contribution is 2.20. The lowest BCUT2D eigenvalue weighted by molar-refractivity contribution is 0.519. The minimum atomic E-state index is 0.387. The summed E-state index contributed by atoms with van der Waals surface area (Å²) in [5, 5.41) is 4.91. The minimum Gasteiger partial charge on any atom is -0.361 e. The Labute approximate surface area is 133 Å². The van der Waals surface area contributed by atoms with Crippen LogP contribution in [0.25, 0.3) is 10.9 Å². The predicted octanol–water partition coefficient (Wildman–Crippen LogP) is 5.17. The fraction of sp³-hybridized carbons (Fsp3) is 0.222. The average molecular weight is 343 g/mol. The molecule has 2 nitrogen and oxygen atoms in total. The Bertz CT molecular complexity index is 715. The molecule has 0 amide bonds. The number of benzene rings is 2. The first-order valence-corrected chi connectivity index (χ1v) is 8.10. The van der Waals surface area contributed by atoms with Crippen LogP contribution in [0, 0.1) is 0 Å². The van der Waals surface area contributed by atoms with Crippen LogP contribution in [0.15, 0.2) is 59.2 Å². The molecule has 1 aromatic heterocycles. The van der Waals surface area contributed by atoms with Crippen molar-refractivity contribution in [1.82, 2.24) is 10.3 Å². The van der Waals surface area contributed by atoms with Crippen molar-refractivity contribution in [2.24, 2.45) is 0 Å². The molecule has 0 aliphatic heterocycles. The molecule has 108 valence electrons. The first kappa shape index (κ1) is 14.4. The van der Waals surface area contributed by atoms with Gasteiger partial charge < -0.3 is 10.3 Å². The van der Waals surface area contributed by atoms with E-state index in [1.165, 1.54) is 22.0 Å². The van der Waals surface area contributed by atoms with Crippen molar-refractivity contribution in [3.8, 4) is 0 Å². The van der Waals surface area contributed by atoms with Crippen molar-refractivity contribution in [1.29, 1.82) is 0 Å². The maximum Gasteiger partial charge on any atom is 0.0457 e. The number of nitrogens with one attached hydrogen (secondary N) is 2. The number of fused-ring (bicyclic) bond motifs is 1. The molecule has 3 rings (SSSR count). The van der Waals surface area contributed by atoms with E-state index in [-0.39, 0.29) is 0 Å². The zero-order valence-electron chi connectivity index (χ0n) is 12.1. The Kier molecular flexibility index (Phi) is 4.42. The summed E-state index contributed by atoms with van der Waals surface area (Å²) in [4.78, 5) is 3.27. The van der Waals surface area contributed by atoms with Gasteiger partial charge in [0.25, 0.3) is 0 Å². The summed E-state index contributed by atoms with van der Waals surface area (Å²) >= 11 is 3.49. The van der Waals surface area contributed by atoms with Crippen LogP contribution in [0.3, 0.4) is 0 Å². The van der Waals surface area contributed by atoms with Crippen LogP contribution >= 0.6 is 15.9 Å². The minimum absolute atomic E-state index is 0.387. The van der Waals surface area contributed by atoms with Crippen LogP contribution in [-0.4, -0.2) is 4.98 Å². The molecule has 3 aromatic rings. The lowest BCUT2D eigenvalue weighted by Crippen LogP contribution is -2.20. The third kappa shape index (κ3) is 3.36. The van der Waals surface area contributed by atoms with Gasteiger partial charge in [-0.15, -0.1) is 0 Å². The molecule has 2 aromatic carbocycles. The quantitative estimate of drug-likeness (QED) is 0.657. The van der Waals surface area contributed by atoms with Crippen molar-refractivity contribution in [3.63, 3.8) is 0 Å². The van der Waals surface area contributed by atoms with E-state index in [0.717, 1.165) is 17.4 Å². The molecule has 0 aliphatic rings. The molecule has 0 radical (unpaired) electrons. The summed E-state index contributed by atoms with van der Waals surface area (Å²) in [6.45, 7) is 3.09. The zero-order chi connectivity index (χ0) is 14.7. The number of halogens is 1. The van der Waals surface area contributed by atoms with Gasteiger partial charge in [0, 0.05) is 28.8 Å². The van der Waals surface area contributed by atoms with Gasteiger partial charge in [0.2, 0.25) is 0 Å². The molecular weight excluding hydrogens is 324 g/mol. The number of aromatic nitrogens is 1. The molecule has 0 spiro atoms. The maximum atomic E-state index is 3.65. The van der Waals surface area contributed by atoms with E-state index in [1.54, 1.807) is 0 Å². The Hall–Kier alpha value is -1.58. The van der Waals surface area contributed by atoms with Gasteiger partial charge in [-0.05, 0) is 47.2 Å². The molecule has 2 N–H and O–H groups in total. The SMILES string of the molecule is CCC(NCc1ccc2cc[nH]c2c1)c1ccc(Br)cc1. The van der Waals surface area contributed by atoms with Crippen molar-refractivity contribution < 1.29 is 0 Å². The number of hydrogen-bond donors (Lipinski definition) is 2. The number of rotatable bonds is 5. The second-order valence-corrected chi connectivity index (χ2v) is 6.21. The topological polar surface area (TPSA) is 27.8 Å². The second-order valence-electron chi connectivity index (χ2n) is 5.29. The largest absolute Gasteiger partial charge is 0.361 e. The van der Waals surface area contributed by atoms with E-state index in [9.17, 15) is 0 Å². The van der Waals surface area contributed by atoms with Gasteiger partial charge in [0.1, 0.15) is 0 Å². The molecule has 1 heterocycles. The third-order valence-electron chi connectivity index (χ3n) is 3.85. The maximum absolute atomic E-state index is 3.65. The van der Waals surface area contributed by atoms with E-state index in [0.29, 0.717) is 6.04 Å². The highest BCUT2D eigenvalue weighted by molar-refractivity contribution is 9.10. The van der Waals surface area contributed by atoms with E-state index < -0.39 is 0 Å². The summed E-state index contributed by atoms with van der Waals surface area (Å²) in [6, 6.07) is 17.6. The van der Waals surface area contributed by atoms with E-state index in [1.807, 2.05) is 6.20 Å². The normalized spacial score (nSPS) is 12.7. The van der Waals surface area contributed by atoms with Crippen molar-refractivity contribution in [2.45, 2.75) is 25.9 Å². The lowest BCUT2D eigenvalue weighted by atomic mass is 10.0. The smallest absolute Gasteiger partial charge is 0.0457 e. The predicted molar refractivity (Wildman–Crippen MR) is 92.3 cm³/mol. The van der Waals surface area contributed by atoms with Crippen LogP contribution in [0.4, 0.5) is 0 Å². The Morgan fingerprint density at radius 2 is 1.90 bits per heavy atom. The van der Waals surface area contributed by atoms with E-state index in [4.69, 9.17) is 0 Å². The van der Waals surface area contributed by atoms with E-state index in [2.05, 4.69) is 81.7 Å². The van der Waals surface area contributed by atoms with Gasteiger partial charge in [-0.2, -0.15) is 0 Å². The molecule has 3 heteroatoms. The first-order chi connectivity index (χ1) is 10.3. The first-order valence-electron chi connectivity index (χ1n) is 7.31. The summed E-state index contributed by atoms with van der Waals surface area (Å²) in [5.74, 6) is 0. The molecule has 0 saturated heterocycles. The molecule has 0 fully saturated rings. The molecule has 0 aliphatic carbocycles. The monoisotopic (exact) mass is 342 g/mol. The van der Waals surface area contributed by atoms with Crippen LogP contribution < -0.4 is 5.32 Å². The summed E-state index contributed by atoms with van der Waals surface area (Å²) in [5.41, 5.74) is 3.84. The highest BCUT2D eigenvalue weighted by Gasteiger charge is 2.08. The van der Waals surface area contributed by atoms with Crippen molar-refractivity contribution in [3.05, 3.63) is 70.3 Å². The molecule has 0 saturated carbocycles. The fourth-order valence-electron chi connectivity index (χ4n) is 2.64. The van der Waals surface area contributed by atoms with Crippen molar-refractivity contribution >= 4 is 26.8 Å². The van der Waals surface area contributed by atoms with Gasteiger partial charge in [0.05, 0.1) is 0 Å². The van der Waals surface area contributed by atoms with Gasteiger partial charge in [0.15, 0.2) is 0 Å². The van der Waals surface area contributed by atoms with E-state index >= 15 is 0 Å². The Morgan fingerprint density at radius 1 is 1.10 bits per heavy atom. The van der Waals surface area contributed by atoms with Gasteiger partial charge in [-0.25, -0.2) is 0 Å². The van der Waals surface area contributed by atoms with Crippen LogP contribution in [-0.2, 0) is 6.54 Å².